The second-order valence-electron chi connectivity index (χ2n) is 21.2. The molecule has 2 unspecified atom stereocenters. The first-order valence-electron chi connectivity index (χ1n) is 24.6. The molecule has 16 nitrogen and oxygen atoms in total. The van der Waals surface area contributed by atoms with Gasteiger partial charge in [0.2, 0.25) is 11.6 Å². The summed E-state index contributed by atoms with van der Waals surface area (Å²) in [4.78, 5) is 24.5. The molecule has 4 aromatic rings. The fraction of sp³-hybridized carbons (Fsp3) is 0.680. The predicted molar refractivity (Wildman–Crippen MR) is 235 cm³/mol. The van der Waals surface area contributed by atoms with Crippen LogP contribution in [0.5, 0.6) is 0 Å². The monoisotopic (exact) mass is 908 g/mol. The van der Waals surface area contributed by atoms with Crippen LogP contribution in [0.4, 0.5) is 0 Å². The molecule has 0 amide bonds. The maximum absolute atomic E-state index is 6.60. The lowest BCUT2D eigenvalue weighted by molar-refractivity contribution is -0.577. The van der Waals surface area contributed by atoms with Gasteiger partial charge >= 0.3 is 0 Å². The minimum atomic E-state index is -0.808. The third-order valence-corrected chi connectivity index (χ3v) is 17.2. The highest BCUT2D eigenvalue weighted by molar-refractivity contribution is 5.65. The fourth-order valence-electron chi connectivity index (χ4n) is 13.4. The van der Waals surface area contributed by atoms with E-state index in [0.717, 1.165) is 85.3 Å². The van der Waals surface area contributed by atoms with Crippen molar-refractivity contribution in [3.63, 3.8) is 0 Å². The lowest BCUT2D eigenvalue weighted by Crippen LogP contribution is -2.70. The molecule has 16 heteroatoms. The summed E-state index contributed by atoms with van der Waals surface area (Å²) < 4.78 is 42.7. The van der Waals surface area contributed by atoms with Crippen LogP contribution in [0.25, 0.3) is 22.5 Å². The van der Waals surface area contributed by atoms with E-state index < -0.39 is 47.9 Å². The Morgan fingerprint density at radius 1 is 0.545 bits per heavy atom. The Morgan fingerprint density at radius 2 is 0.970 bits per heavy atom. The zero-order valence-electron chi connectivity index (χ0n) is 39.0. The van der Waals surface area contributed by atoms with Gasteiger partial charge in [-0.05, 0) is 111 Å². The molecular weight excluding hydrogens is 845 g/mol. The first kappa shape index (κ1) is 43.6. The highest BCUT2D eigenvalue weighted by Crippen LogP contribution is 2.62. The Bertz CT molecular complexity index is 2220. The van der Waals surface area contributed by atoms with Gasteiger partial charge in [0.15, 0.2) is 36.4 Å². The molecule has 2 aromatic heterocycles. The highest BCUT2D eigenvalue weighted by atomic mass is 17.3. The summed E-state index contributed by atoms with van der Waals surface area (Å²) in [6, 6.07) is 16.6. The van der Waals surface area contributed by atoms with Crippen molar-refractivity contribution in [2.75, 3.05) is 13.2 Å². The number of ether oxygens (including phenoxy) is 6. The van der Waals surface area contributed by atoms with Gasteiger partial charge in [0, 0.05) is 49.4 Å². The van der Waals surface area contributed by atoms with E-state index in [4.69, 9.17) is 48.0 Å². The second kappa shape index (κ2) is 16.5. The van der Waals surface area contributed by atoms with E-state index in [-0.39, 0.29) is 23.7 Å². The average Bonchev–Trinajstić information content (AvgIpc) is 3.87. The average molecular weight is 909 g/mol. The van der Waals surface area contributed by atoms with Crippen LogP contribution in [0.2, 0.25) is 0 Å². The molecule has 2 aliphatic carbocycles. The Balaban J connectivity index is 0.631. The van der Waals surface area contributed by atoms with Crippen LogP contribution >= 0.6 is 0 Å². The molecule has 16 atom stereocenters. The summed E-state index contributed by atoms with van der Waals surface area (Å²) in [5, 5.41) is 17.8. The summed E-state index contributed by atoms with van der Waals surface area (Å²) in [6.45, 7) is 13.9. The van der Waals surface area contributed by atoms with Crippen molar-refractivity contribution in [1.82, 2.24) is 30.0 Å². The van der Waals surface area contributed by atoms with Gasteiger partial charge in [-0.3, -0.25) is 0 Å². The summed E-state index contributed by atoms with van der Waals surface area (Å²) in [5.41, 5.74) is 4.53. The molecule has 2 saturated carbocycles. The molecule has 4 bridgehead atoms. The summed E-state index contributed by atoms with van der Waals surface area (Å²) >= 11 is 0. The van der Waals surface area contributed by atoms with Crippen molar-refractivity contribution in [2.45, 2.75) is 154 Å². The molecule has 10 aliphatic rings. The minimum Gasteiger partial charge on any atom is -0.352 e. The van der Waals surface area contributed by atoms with E-state index >= 15 is 0 Å². The van der Waals surface area contributed by atoms with Crippen LogP contribution in [-0.4, -0.2) is 91.1 Å². The van der Waals surface area contributed by atoms with Gasteiger partial charge in [-0.2, -0.15) is 0 Å². The lowest BCUT2D eigenvalue weighted by Gasteiger charge is -2.60. The number of nitrogens with zero attached hydrogens (tertiary/aromatic N) is 6. The van der Waals surface area contributed by atoms with E-state index in [0.29, 0.717) is 49.7 Å². The summed E-state index contributed by atoms with van der Waals surface area (Å²) in [6.07, 6.45) is 11.2. The zero-order chi connectivity index (χ0) is 45.0. The number of rotatable bonds is 11. The highest BCUT2D eigenvalue weighted by Gasteiger charge is 2.71. The number of fused-ring (bicyclic) bond motifs is 4. The zero-order valence-corrected chi connectivity index (χ0v) is 39.0. The smallest absolute Gasteiger partial charge is 0.201 e. The molecule has 10 fully saturated rings. The predicted octanol–water partition coefficient (Wildman–Crippen LogP) is 8.05. The fourth-order valence-corrected chi connectivity index (χ4v) is 13.4. The topological polar surface area (TPSA) is 154 Å². The molecular formula is C50H64N6O10. The first-order valence-corrected chi connectivity index (χ1v) is 24.6. The molecule has 8 aliphatic heterocycles. The molecule has 0 N–H and O–H groups in total. The Morgan fingerprint density at radius 3 is 1.39 bits per heavy atom. The molecule has 66 heavy (non-hydrogen) atoms. The number of hydrogen-bond donors (Lipinski definition) is 0. The van der Waals surface area contributed by atoms with Crippen LogP contribution in [-0.2, 0) is 60.8 Å². The van der Waals surface area contributed by atoms with Gasteiger partial charge in [0.1, 0.15) is 0 Å². The molecule has 0 radical (unpaired) electrons. The minimum absolute atomic E-state index is 0.122. The first-order chi connectivity index (χ1) is 31.9. The molecule has 14 rings (SSSR count). The van der Waals surface area contributed by atoms with Crippen LogP contribution in [0.3, 0.4) is 0 Å². The van der Waals surface area contributed by atoms with Crippen molar-refractivity contribution in [2.24, 2.45) is 47.3 Å². The van der Waals surface area contributed by atoms with Crippen molar-refractivity contribution in [3.05, 3.63) is 72.3 Å². The van der Waals surface area contributed by atoms with Gasteiger partial charge in [0.05, 0.1) is 48.4 Å². The number of hydrogen-bond acceptors (Lipinski definition) is 14. The third kappa shape index (κ3) is 7.15. The largest absolute Gasteiger partial charge is 0.352 e. The van der Waals surface area contributed by atoms with Gasteiger partial charge < -0.3 is 28.4 Å². The maximum atomic E-state index is 6.60. The SMILES string of the molecule is C[C@H]1[C@H](OCCc2cn(-c3ccc(-c4ccc(-n5cc(CCO[C@@H]6O[C@@H]7OC8(C)CC[C@H]9[C@H](C)CC[C@@H]([C@H]6C)[C@@]79OO8)nn5)cc4)cc3)nn2)O[C@@H]2OC3(C)CC[C@H]4[C@H](C)CC[C@@H]1[C@@]24OO3. The Hall–Kier alpha value is -3.68. The summed E-state index contributed by atoms with van der Waals surface area (Å²) in [5.74, 6) is 0.761. The van der Waals surface area contributed by atoms with Crippen LogP contribution in [0.1, 0.15) is 104 Å². The van der Waals surface area contributed by atoms with Crippen molar-refractivity contribution >= 4 is 0 Å². The Kier molecular flexibility index (Phi) is 10.9. The second-order valence-corrected chi connectivity index (χ2v) is 21.2. The quantitative estimate of drug-likeness (QED) is 0.133. The van der Waals surface area contributed by atoms with Gasteiger partial charge in [0.25, 0.3) is 0 Å². The van der Waals surface area contributed by atoms with Gasteiger partial charge in [-0.25, -0.2) is 28.9 Å². The van der Waals surface area contributed by atoms with Crippen LogP contribution in [0, 0.1) is 47.3 Å². The van der Waals surface area contributed by atoms with Crippen molar-refractivity contribution in [3.8, 4) is 22.5 Å². The molecule has 2 aromatic carbocycles. The summed E-state index contributed by atoms with van der Waals surface area (Å²) in [7, 11) is 0. The van der Waals surface area contributed by atoms with Crippen LogP contribution < -0.4 is 0 Å². The molecule has 10 heterocycles. The normalized spacial score (nSPS) is 42.3. The maximum Gasteiger partial charge on any atom is 0.201 e. The van der Waals surface area contributed by atoms with Crippen molar-refractivity contribution < 1.29 is 48.0 Å². The van der Waals surface area contributed by atoms with Crippen LogP contribution in [0.15, 0.2) is 60.9 Å². The molecule has 354 valence electrons. The van der Waals surface area contributed by atoms with E-state index in [1.165, 1.54) is 0 Å². The third-order valence-electron chi connectivity index (χ3n) is 17.2. The number of aromatic nitrogens is 6. The standard InChI is InChI=1S/C50H64N6O10/c1-29-7-17-41-31(3)43(59-45-49(41)39(29)19-23-47(5,61-45)63-65-49)57-25-21-35-27-55(53-51-35)37-13-9-33(10-14-37)34-11-15-38(16-12-34)56-28-36(52-54-56)22-26-58-44-32(4)42-18-8-30(2)40-20-24-48(6)62-46(60-44)50(40,42)66-64-48/h9-16,27-32,39-46H,7-8,17-26H2,1-6H3/t29-,30-,31-,32-,39+,40+,41+,42+,43-,44-,45-,46-,47?,48?,49-,50-/m1/s1. The molecule has 8 saturated heterocycles. The van der Waals surface area contributed by atoms with E-state index in [2.05, 4.69) is 96.9 Å². The van der Waals surface area contributed by atoms with E-state index in [1.54, 1.807) is 9.36 Å². The van der Waals surface area contributed by atoms with Gasteiger partial charge in [-0.1, -0.05) is 62.4 Å². The van der Waals surface area contributed by atoms with Crippen molar-refractivity contribution in [1.29, 1.82) is 0 Å². The molecule has 2 spiro atoms. The van der Waals surface area contributed by atoms with E-state index in [1.807, 2.05) is 26.2 Å². The number of benzene rings is 2. The van der Waals surface area contributed by atoms with E-state index in [9.17, 15) is 0 Å². The van der Waals surface area contributed by atoms with Gasteiger partial charge in [-0.15, -0.1) is 10.2 Å². The Labute approximate surface area is 386 Å². The lowest BCUT2D eigenvalue weighted by atomic mass is 9.58.